The fourth-order valence-corrected chi connectivity index (χ4v) is 3.62. The molecule has 0 aliphatic rings. The number of phenolic OH excluding ortho intramolecular Hbond substituents is 2. The number of aromatic hydroxyl groups is 2. The molecule has 0 unspecified atom stereocenters. The van der Waals surface area contributed by atoms with Crippen molar-refractivity contribution in [1.29, 1.82) is 0 Å². The van der Waals surface area contributed by atoms with Crippen LogP contribution in [0.3, 0.4) is 0 Å². The van der Waals surface area contributed by atoms with Crippen LogP contribution < -0.4 is 0 Å². The number of hydrogen-bond acceptors (Lipinski definition) is 3. The lowest BCUT2D eigenvalue weighted by Crippen LogP contribution is -2.23. The van der Waals surface area contributed by atoms with Crippen LogP contribution in [0.15, 0.2) is 12.1 Å². The Morgan fingerprint density at radius 3 is 1.59 bits per heavy atom. The van der Waals surface area contributed by atoms with Crippen LogP contribution in [0.1, 0.15) is 104 Å². The van der Waals surface area contributed by atoms with Crippen molar-refractivity contribution in [3.05, 3.63) is 23.3 Å². The Morgan fingerprint density at radius 1 is 0.724 bits per heavy atom. The molecule has 0 fully saturated rings. The summed E-state index contributed by atoms with van der Waals surface area (Å²) in [6, 6.07) is 3.42. The molecule has 0 amide bonds. The topological polar surface area (TPSA) is 77.8 Å². The van der Waals surface area contributed by atoms with E-state index in [1.54, 1.807) is 26.0 Å². The van der Waals surface area contributed by atoms with Crippen LogP contribution >= 0.6 is 0 Å². The van der Waals surface area contributed by atoms with Gasteiger partial charge in [0.2, 0.25) is 0 Å². The molecule has 0 aliphatic heterocycles. The Hall–Kier alpha value is -1.71. The average Bonchev–Trinajstić information content (AvgIpc) is 2.60. The Labute approximate surface area is 177 Å². The van der Waals surface area contributed by atoms with E-state index in [0.717, 1.165) is 49.7 Å². The summed E-state index contributed by atoms with van der Waals surface area (Å²) in [6.45, 7) is 10.4. The van der Waals surface area contributed by atoms with Crippen molar-refractivity contribution in [2.75, 3.05) is 0 Å². The molecule has 1 aromatic carbocycles. The van der Waals surface area contributed by atoms with Crippen molar-refractivity contribution >= 4 is 5.97 Å². The number of benzene rings is 1. The minimum Gasteiger partial charge on any atom is -0.504 e. The lowest BCUT2D eigenvalue weighted by atomic mass is 9.86. The Balaban J connectivity index is 2.47. The molecule has 0 aliphatic carbocycles. The molecule has 3 N–H and O–H groups in total. The lowest BCUT2D eigenvalue weighted by molar-refractivity contribution is -0.147. The van der Waals surface area contributed by atoms with E-state index in [9.17, 15) is 20.1 Å². The van der Waals surface area contributed by atoms with Crippen LogP contribution in [0.25, 0.3) is 0 Å². The van der Waals surface area contributed by atoms with Crippen LogP contribution in [0, 0.1) is 10.8 Å². The maximum Gasteiger partial charge on any atom is 0.309 e. The highest BCUT2D eigenvalue weighted by Crippen LogP contribution is 2.31. The van der Waals surface area contributed by atoms with Gasteiger partial charge in [0.05, 0.1) is 5.41 Å². The molecule has 1 rings (SSSR count). The highest BCUT2D eigenvalue weighted by molar-refractivity contribution is 5.73. The van der Waals surface area contributed by atoms with Gasteiger partial charge >= 0.3 is 5.97 Å². The van der Waals surface area contributed by atoms with Crippen molar-refractivity contribution in [2.24, 2.45) is 10.8 Å². The van der Waals surface area contributed by atoms with E-state index in [-0.39, 0.29) is 11.5 Å². The molecule has 0 aromatic heterocycles. The predicted octanol–water partition coefficient (Wildman–Crippen LogP) is 6.85. The molecule has 0 atom stereocenters. The van der Waals surface area contributed by atoms with E-state index >= 15 is 0 Å². The molecule has 0 heterocycles. The number of rotatable bonds is 13. The maximum absolute atomic E-state index is 11.2. The minimum absolute atomic E-state index is 0.0420. The molecule has 4 heteroatoms. The second kappa shape index (κ2) is 11.5. The summed E-state index contributed by atoms with van der Waals surface area (Å²) in [5, 5.41) is 29.0. The summed E-state index contributed by atoms with van der Waals surface area (Å²) in [5.74, 6) is -0.841. The van der Waals surface area contributed by atoms with Gasteiger partial charge in [0.1, 0.15) is 0 Å². The van der Waals surface area contributed by atoms with Gasteiger partial charge in [-0.2, -0.15) is 0 Å². The van der Waals surface area contributed by atoms with Crippen molar-refractivity contribution in [3.8, 4) is 11.5 Å². The van der Waals surface area contributed by atoms with Gasteiger partial charge in [-0.05, 0) is 81.0 Å². The van der Waals surface area contributed by atoms with E-state index < -0.39 is 11.4 Å². The SMILES string of the molecule is CC(C)(C)CCCCCCc1cc(O)c(O)cc1CCCCCC(C)(C)C(=O)O. The molecule has 166 valence electrons. The standard InChI is InChI=1S/C25H42O4/c1-24(2,3)15-11-7-6-9-13-19-17-21(26)22(27)18-20(19)14-10-8-12-16-25(4,5)23(28)29/h17-18,26-27H,6-16H2,1-5H3,(H,28,29). The summed E-state index contributed by atoms with van der Waals surface area (Å²) in [6.07, 6.45) is 11.2. The first-order valence-electron chi connectivity index (χ1n) is 11.2. The molecular formula is C25H42O4. The van der Waals surface area contributed by atoms with Crippen molar-refractivity contribution < 1.29 is 20.1 Å². The van der Waals surface area contributed by atoms with Gasteiger partial charge in [0, 0.05) is 0 Å². The van der Waals surface area contributed by atoms with Gasteiger partial charge in [-0.3, -0.25) is 4.79 Å². The normalized spacial score (nSPS) is 12.3. The largest absolute Gasteiger partial charge is 0.504 e. The van der Waals surface area contributed by atoms with Gasteiger partial charge in [-0.15, -0.1) is 0 Å². The summed E-state index contributed by atoms with van der Waals surface area (Å²) in [7, 11) is 0. The number of carbonyl (C=O) groups is 1. The van der Waals surface area contributed by atoms with Crippen LogP contribution in [-0.2, 0) is 17.6 Å². The maximum atomic E-state index is 11.2. The first kappa shape index (κ1) is 25.3. The van der Waals surface area contributed by atoms with Crippen LogP contribution in [0.4, 0.5) is 0 Å². The van der Waals surface area contributed by atoms with Gasteiger partial charge in [0.15, 0.2) is 11.5 Å². The number of carboxylic acids is 1. The second-order valence-corrected chi connectivity index (χ2v) is 10.3. The molecule has 29 heavy (non-hydrogen) atoms. The number of unbranched alkanes of at least 4 members (excludes halogenated alkanes) is 5. The average molecular weight is 407 g/mol. The molecule has 0 bridgehead atoms. The zero-order valence-corrected chi connectivity index (χ0v) is 19.2. The van der Waals surface area contributed by atoms with Crippen molar-refractivity contribution in [1.82, 2.24) is 0 Å². The summed E-state index contributed by atoms with van der Waals surface area (Å²) in [4.78, 5) is 11.2. The van der Waals surface area contributed by atoms with Crippen molar-refractivity contribution in [3.63, 3.8) is 0 Å². The lowest BCUT2D eigenvalue weighted by Gasteiger charge is -2.18. The Kier molecular flexibility index (Phi) is 10.0. The van der Waals surface area contributed by atoms with Crippen LogP contribution in [0.2, 0.25) is 0 Å². The number of aliphatic carboxylic acids is 1. The highest BCUT2D eigenvalue weighted by atomic mass is 16.4. The number of aryl methyl sites for hydroxylation is 2. The Bertz CT molecular complexity index is 641. The zero-order valence-electron chi connectivity index (χ0n) is 19.2. The zero-order chi connectivity index (χ0) is 22.1. The van der Waals surface area contributed by atoms with Crippen molar-refractivity contribution in [2.45, 2.75) is 105 Å². The molecular weight excluding hydrogens is 364 g/mol. The van der Waals surface area contributed by atoms with Gasteiger partial charge in [0.25, 0.3) is 0 Å². The predicted molar refractivity (Wildman–Crippen MR) is 120 cm³/mol. The molecule has 0 saturated carbocycles. The highest BCUT2D eigenvalue weighted by Gasteiger charge is 2.25. The number of hydrogen-bond donors (Lipinski definition) is 3. The van der Waals surface area contributed by atoms with E-state index in [2.05, 4.69) is 20.8 Å². The fraction of sp³-hybridized carbons (Fsp3) is 0.720. The van der Waals surface area contributed by atoms with E-state index in [1.807, 2.05) is 0 Å². The molecule has 1 aromatic rings. The number of phenols is 2. The second-order valence-electron chi connectivity index (χ2n) is 10.3. The molecule has 0 saturated heterocycles. The van der Waals surface area contributed by atoms with E-state index in [1.165, 1.54) is 25.7 Å². The third-order valence-corrected chi connectivity index (χ3v) is 5.75. The van der Waals surface area contributed by atoms with Gasteiger partial charge < -0.3 is 15.3 Å². The van der Waals surface area contributed by atoms with E-state index in [4.69, 9.17) is 0 Å². The first-order chi connectivity index (χ1) is 13.4. The van der Waals surface area contributed by atoms with E-state index in [0.29, 0.717) is 11.8 Å². The minimum atomic E-state index is -0.745. The number of carboxylic acid groups (broad SMARTS) is 1. The quantitative estimate of drug-likeness (QED) is 0.247. The third-order valence-electron chi connectivity index (χ3n) is 5.75. The molecule has 0 radical (unpaired) electrons. The monoisotopic (exact) mass is 406 g/mol. The summed E-state index contributed by atoms with van der Waals surface area (Å²) < 4.78 is 0. The Morgan fingerprint density at radius 2 is 1.14 bits per heavy atom. The van der Waals surface area contributed by atoms with Crippen LogP contribution in [0.5, 0.6) is 11.5 Å². The molecule has 0 spiro atoms. The van der Waals surface area contributed by atoms with Gasteiger partial charge in [-0.1, -0.05) is 52.9 Å². The smallest absolute Gasteiger partial charge is 0.309 e. The molecule has 4 nitrogen and oxygen atoms in total. The summed E-state index contributed by atoms with van der Waals surface area (Å²) >= 11 is 0. The first-order valence-corrected chi connectivity index (χ1v) is 11.2. The van der Waals surface area contributed by atoms with Gasteiger partial charge in [-0.25, -0.2) is 0 Å². The third kappa shape index (κ3) is 10.0. The summed E-state index contributed by atoms with van der Waals surface area (Å²) in [5.41, 5.74) is 1.96. The fourth-order valence-electron chi connectivity index (χ4n) is 3.62. The van der Waals surface area contributed by atoms with Crippen LogP contribution in [-0.4, -0.2) is 21.3 Å².